The number of halogens is 1. The van der Waals surface area contributed by atoms with Gasteiger partial charge in [0.1, 0.15) is 5.70 Å². The van der Waals surface area contributed by atoms with Crippen LogP contribution in [0.15, 0.2) is 48.2 Å². The summed E-state index contributed by atoms with van der Waals surface area (Å²) >= 11 is 6.20. The Bertz CT molecular complexity index is 1010. The van der Waals surface area contributed by atoms with E-state index >= 15 is 0 Å². The van der Waals surface area contributed by atoms with Gasteiger partial charge in [-0.15, -0.1) is 0 Å². The van der Waals surface area contributed by atoms with Crippen LogP contribution in [0.1, 0.15) is 31.4 Å². The van der Waals surface area contributed by atoms with E-state index in [0.29, 0.717) is 40.5 Å². The second-order valence-electron chi connectivity index (χ2n) is 6.81. The minimum Gasteiger partial charge on any atom is -0.350 e. The summed E-state index contributed by atoms with van der Waals surface area (Å²) < 4.78 is 0. The first-order valence-corrected chi connectivity index (χ1v) is 9.72. The average Bonchev–Trinajstić information content (AvgIpc) is 2.90. The van der Waals surface area contributed by atoms with Gasteiger partial charge < -0.3 is 10.6 Å². The molecule has 0 fully saturated rings. The maximum atomic E-state index is 13.0. The third kappa shape index (κ3) is 4.17. The Morgan fingerprint density at radius 2 is 1.76 bits per heavy atom. The van der Waals surface area contributed by atoms with E-state index in [9.17, 15) is 14.4 Å². The molecule has 2 N–H and O–H groups in total. The van der Waals surface area contributed by atoms with Crippen molar-refractivity contribution >= 4 is 46.3 Å². The lowest BCUT2D eigenvalue weighted by molar-refractivity contribution is -0.136. The zero-order valence-electron chi connectivity index (χ0n) is 16.5. The van der Waals surface area contributed by atoms with Gasteiger partial charge in [0.15, 0.2) is 0 Å². The number of hydrogen-bond acceptors (Lipinski definition) is 4. The predicted molar refractivity (Wildman–Crippen MR) is 114 cm³/mol. The molecule has 2 aromatic carbocycles. The molecule has 0 bridgehead atoms. The van der Waals surface area contributed by atoms with Crippen LogP contribution in [0.3, 0.4) is 0 Å². The number of nitrogens with zero attached hydrogens (tertiary/aromatic N) is 1. The summed E-state index contributed by atoms with van der Waals surface area (Å²) in [5, 5.41) is 6.38. The number of carbonyl (C=O) groups is 3. The van der Waals surface area contributed by atoms with Gasteiger partial charge in [-0.1, -0.05) is 36.7 Å². The molecule has 0 aliphatic carbocycles. The minimum absolute atomic E-state index is 0.183. The highest BCUT2D eigenvalue weighted by atomic mass is 35.5. The van der Waals surface area contributed by atoms with Gasteiger partial charge in [-0.3, -0.25) is 19.3 Å². The lowest BCUT2D eigenvalue weighted by atomic mass is 10.0. The van der Waals surface area contributed by atoms with Gasteiger partial charge in [-0.05, 0) is 48.7 Å². The maximum Gasteiger partial charge on any atom is 0.278 e. The molecule has 0 saturated carbocycles. The van der Waals surface area contributed by atoms with E-state index in [-0.39, 0.29) is 23.4 Å². The van der Waals surface area contributed by atoms with Crippen LogP contribution in [0.5, 0.6) is 0 Å². The molecule has 1 heterocycles. The molecule has 150 valence electrons. The van der Waals surface area contributed by atoms with Crippen molar-refractivity contribution in [2.45, 2.75) is 27.2 Å². The number of rotatable bonds is 6. The van der Waals surface area contributed by atoms with E-state index in [1.165, 1.54) is 11.8 Å². The first-order valence-electron chi connectivity index (χ1n) is 9.34. The van der Waals surface area contributed by atoms with Crippen molar-refractivity contribution in [2.24, 2.45) is 0 Å². The topological polar surface area (TPSA) is 78.5 Å². The Morgan fingerprint density at radius 1 is 1.07 bits per heavy atom. The standard InChI is InChI=1S/C22H22ClN3O3/c1-4-12-26-21(28)19(15-8-10-16(11-9-15)24-14(3)27)20(22(26)29)25-18-7-5-6-17(23)13(18)2/h5-11,25H,4,12H2,1-3H3,(H,24,27). The number of nitrogens with one attached hydrogen (secondary N) is 2. The van der Waals surface area contributed by atoms with Crippen molar-refractivity contribution in [1.29, 1.82) is 0 Å². The van der Waals surface area contributed by atoms with Crippen molar-refractivity contribution in [2.75, 3.05) is 17.2 Å². The number of hydrogen-bond donors (Lipinski definition) is 2. The van der Waals surface area contributed by atoms with Crippen LogP contribution >= 0.6 is 11.6 Å². The summed E-state index contributed by atoms with van der Waals surface area (Å²) in [7, 11) is 0. The fraction of sp³-hybridized carbons (Fsp3) is 0.227. The van der Waals surface area contributed by atoms with Gasteiger partial charge in [-0.25, -0.2) is 0 Å². The van der Waals surface area contributed by atoms with Crippen molar-refractivity contribution < 1.29 is 14.4 Å². The van der Waals surface area contributed by atoms with Gasteiger partial charge in [0.25, 0.3) is 11.8 Å². The number of imide groups is 1. The first-order chi connectivity index (χ1) is 13.8. The molecule has 3 rings (SSSR count). The molecule has 2 aromatic rings. The number of benzene rings is 2. The highest BCUT2D eigenvalue weighted by molar-refractivity contribution is 6.36. The van der Waals surface area contributed by atoms with Crippen molar-refractivity contribution in [1.82, 2.24) is 4.90 Å². The molecular weight excluding hydrogens is 390 g/mol. The summed E-state index contributed by atoms with van der Waals surface area (Å²) in [6, 6.07) is 12.2. The molecule has 6 nitrogen and oxygen atoms in total. The predicted octanol–water partition coefficient (Wildman–Crippen LogP) is 4.21. The van der Waals surface area contributed by atoms with Crippen LogP contribution in [0.25, 0.3) is 5.57 Å². The van der Waals surface area contributed by atoms with Gasteiger partial charge in [-0.2, -0.15) is 0 Å². The van der Waals surface area contributed by atoms with E-state index < -0.39 is 0 Å². The quantitative estimate of drug-likeness (QED) is 0.698. The minimum atomic E-state index is -0.364. The Labute approximate surface area is 174 Å². The zero-order valence-corrected chi connectivity index (χ0v) is 17.3. The lowest BCUT2D eigenvalue weighted by Gasteiger charge is -2.14. The molecule has 29 heavy (non-hydrogen) atoms. The van der Waals surface area contributed by atoms with E-state index in [1.807, 2.05) is 19.9 Å². The van der Waals surface area contributed by atoms with Crippen LogP contribution in [0, 0.1) is 6.92 Å². The van der Waals surface area contributed by atoms with Crippen LogP contribution < -0.4 is 10.6 Å². The molecule has 0 atom stereocenters. The Kier molecular flexibility index (Phi) is 6.03. The first kappa shape index (κ1) is 20.6. The van der Waals surface area contributed by atoms with E-state index in [0.717, 1.165) is 5.56 Å². The summed E-state index contributed by atoms with van der Waals surface area (Å²) in [6.07, 6.45) is 0.662. The second-order valence-corrected chi connectivity index (χ2v) is 7.22. The lowest BCUT2D eigenvalue weighted by Crippen LogP contribution is -2.33. The highest BCUT2D eigenvalue weighted by Crippen LogP contribution is 2.33. The van der Waals surface area contributed by atoms with Gasteiger partial charge in [0.05, 0.1) is 5.57 Å². The molecule has 0 spiro atoms. The van der Waals surface area contributed by atoms with Crippen LogP contribution in [0.2, 0.25) is 5.02 Å². The fourth-order valence-electron chi connectivity index (χ4n) is 3.19. The highest BCUT2D eigenvalue weighted by Gasteiger charge is 2.38. The van der Waals surface area contributed by atoms with E-state index in [1.54, 1.807) is 36.4 Å². The molecular formula is C22H22ClN3O3. The molecule has 0 radical (unpaired) electrons. The maximum absolute atomic E-state index is 13.0. The van der Waals surface area contributed by atoms with E-state index in [2.05, 4.69) is 10.6 Å². The zero-order chi connectivity index (χ0) is 21.1. The van der Waals surface area contributed by atoms with E-state index in [4.69, 9.17) is 11.6 Å². The molecule has 1 aliphatic rings. The third-order valence-corrected chi connectivity index (χ3v) is 5.05. The van der Waals surface area contributed by atoms with Crippen molar-refractivity contribution in [3.05, 3.63) is 64.3 Å². The number of carbonyl (C=O) groups excluding carboxylic acids is 3. The third-order valence-electron chi connectivity index (χ3n) is 4.64. The Hall–Kier alpha value is -3.12. The van der Waals surface area contributed by atoms with Crippen LogP contribution in [-0.4, -0.2) is 29.2 Å². The molecule has 3 amide bonds. The monoisotopic (exact) mass is 411 g/mol. The average molecular weight is 412 g/mol. The summed E-state index contributed by atoms with van der Waals surface area (Å²) in [5.74, 6) is -0.888. The van der Waals surface area contributed by atoms with Crippen LogP contribution in [-0.2, 0) is 14.4 Å². The number of anilines is 2. The SMILES string of the molecule is CCCN1C(=O)C(Nc2cccc(Cl)c2C)=C(c2ccc(NC(C)=O)cc2)C1=O. The normalized spacial score (nSPS) is 13.9. The molecule has 0 unspecified atom stereocenters. The summed E-state index contributed by atoms with van der Waals surface area (Å²) in [5.41, 5.74) is 3.19. The summed E-state index contributed by atoms with van der Waals surface area (Å²) in [4.78, 5) is 38.5. The summed E-state index contributed by atoms with van der Waals surface area (Å²) in [6.45, 7) is 5.52. The van der Waals surface area contributed by atoms with Gasteiger partial charge in [0.2, 0.25) is 5.91 Å². The Balaban J connectivity index is 2.06. The fourth-order valence-corrected chi connectivity index (χ4v) is 3.36. The molecule has 0 aromatic heterocycles. The van der Waals surface area contributed by atoms with Crippen molar-refractivity contribution in [3.63, 3.8) is 0 Å². The second kappa shape index (κ2) is 8.49. The van der Waals surface area contributed by atoms with Crippen LogP contribution in [0.4, 0.5) is 11.4 Å². The van der Waals surface area contributed by atoms with Crippen molar-refractivity contribution in [3.8, 4) is 0 Å². The molecule has 1 aliphatic heterocycles. The van der Waals surface area contributed by atoms with Gasteiger partial charge >= 0.3 is 0 Å². The molecule has 0 saturated heterocycles. The smallest absolute Gasteiger partial charge is 0.278 e. The Morgan fingerprint density at radius 3 is 2.38 bits per heavy atom. The molecule has 7 heteroatoms. The number of amides is 3. The largest absolute Gasteiger partial charge is 0.350 e. The van der Waals surface area contributed by atoms with Gasteiger partial charge in [0, 0.05) is 29.9 Å².